The number of rotatable bonds is 10. The molecule has 0 saturated carbocycles. The van der Waals surface area contributed by atoms with Crippen molar-refractivity contribution in [3.8, 4) is 0 Å². The van der Waals surface area contributed by atoms with E-state index in [2.05, 4.69) is 0 Å². The summed E-state index contributed by atoms with van der Waals surface area (Å²) < 4.78 is 32.1. The molecule has 1 fully saturated rings. The van der Waals surface area contributed by atoms with Crippen LogP contribution in [0.2, 0.25) is 0 Å². The van der Waals surface area contributed by atoms with Crippen molar-refractivity contribution in [2.45, 2.75) is 63.9 Å². The van der Waals surface area contributed by atoms with E-state index in [1.54, 1.807) is 4.90 Å². The smallest absolute Gasteiger partial charge is 0.336 e. The molecule has 1 aliphatic rings. The maximum Gasteiger partial charge on any atom is 0.336 e. The number of nitrogens with zero attached hydrogens (tertiary/aromatic N) is 1. The summed E-state index contributed by atoms with van der Waals surface area (Å²) in [4.78, 5) is 50.0. The van der Waals surface area contributed by atoms with Gasteiger partial charge in [-0.05, 0) is 12.8 Å². The molecule has 38 heavy (non-hydrogen) atoms. The molecule has 1 heterocycles. The first kappa shape index (κ1) is 33.7. The van der Waals surface area contributed by atoms with E-state index in [4.69, 9.17) is 28.4 Å². The summed E-state index contributed by atoms with van der Waals surface area (Å²) in [5.41, 5.74) is 0. The molecule has 0 bridgehead atoms. The van der Waals surface area contributed by atoms with Gasteiger partial charge in [-0.3, -0.25) is 4.79 Å². The van der Waals surface area contributed by atoms with Crippen LogP contribution in [0.25, 0.3) is 0 Å². The van der Waals surface area contributed by atoms with E-state index in [-0.39, 0.29) is 52.9 Å². The van der Waals surface area contributed by atoms with Crippen molar-refractivity contribution in [1.29, 1.82) is 0 Å². The zero-order chi connectivity index (χ0) is 28.3. The molecule has 4 atom stereocenters. The topological polar surface area (TPSA) is 188 Å². The Hall–Kier alpha value is -2.36. The van der Waals surface area contributed by atoms with Gasteiger partial charge in [0, 0.05) is 13.1 Å². The molecule has 0 aromatic rings. The Bertz CT molecular complexity index is 711. The minimum absolute atomic E-state index is 0.0664. The molecular formula is C24H41NO13. The summed E-state index contributed by atoms with van der Waals surface area (Å²) >= 11 is 0. The molecule has 0 unspecified atom stereocenters. The maximum atomic E-state index is 13.4. The lowest BCUT2D eigenvalue weighted by Crippen LogP contribution is -2.51. The first-order chi connectivity index (χ1) is 18.2. The van der Waals surface area contributed by atoms with Crippen molar-refractivity contribution < 1.29 is 62.9 Å². The normalized spacial score (nSPS) is 25.0. The van der Waals surface area contributed by atoms with Gasteiger partial charge in [0.1, 0.15) is 0 Å². The Labute approximate surface area is 222 Å². The predicted octanol–water partition coefficient (Wildman–Crippen LogP) is 0.257. The number of ether oxygens (including phenoxy) is 6. The van der Waals surface area contributed by atoms with Crippen LogP contribution in [0.4, 0.5) is 0 Å². The number of hydrogen-bond acceptors (Lipinski definition) is 10. The van der Waals surface area contributed by atoms with Crippen molar-refractivity contribution in [2.24, 2.45) is 0 Å². The van der Waals surface area contributed by atoms with Crippen molar-refractivity contribution in [1.82, 2.24) is 4.90 Å². The zero-order valence-corrected chi connectivity index (χ0v) is 22.1. The summed E-state index contributed by atoms with van der Waals surface area (Å²) in [6.45, 7) is 3.62. The second-order valence-electron chi connectivity index (χ2n) is 8.44. The Kier molecular flexibility index (Phi) is 17.4. The van der Waals surface area contributed by atoms with Gasteiger partial charge in [-0.15, -0.1) is 0 Å². The third kappa shape index (κ3) is 12.5. The summed E-state index contributed by atoms with van der Waals surface area (Å²) in [5.74, 6) is -4.89. The standard InChI is InChI=1S/C24H41NO13/c1-3-5-7-25(8-6-4-2)21(26)17-18(22(27)28)36-14-10-34-12-16-38-20(24(31)32)19(23(29)30)37-15-11-33-9-13-35-17/h17-20H,3-16H2,1-2H3,(H,27,28)(H,29,30)(H,31,32)/t17-,18-,19-,20-/m1/s1. The van der Waals surface area contributed by atoms with Gasteiger partial charge >= 0.3 is 17.9 Å². The number of carbonyl (C=O) groups is 4. The van der Waals surface area contributed by atoms with Gasteiger partial charge in [-0.1, -0.05) is 26.7 Å². The maximum absolute atomic E-state index is 13.4. The molecule has 1 amide bonds. The van der Waals surface area contributed by atoms with Gasteiger partial charge in [0.05, 0.1) is 52.9 Å². The van der Waals surface area contributed by atoms with E-state index in [1.807, 2.05) is 13.8 Å². The average molecular weight is 552 g/mol. The van der Waals surface area contributed by atoms with Gasteiger partial charge in [-0.25, -0.2) is 14.4 Å². The summed E-state index contributed by atoms with van der Waals surface area (Å²) in [6.07, 6.45) is -3.36. The monoisotopic (exact) mass is 551 g/mol. The minimum atomic E-state index is -1.78. The highest BCUT2D eigenvalue weighted by atomic mass is 16.6. The first-order valence-corrected chi connectivity index (χ1v) is 12.8. The Morgan fingerprint density at radius 2 is 0.895 bits per heavy atom. The van der Waals surface area contributed by atoms with Crippen LogP contribution in [0, 0.1) is 0 Å². The molecule has 0 aromatic carbocycles. The van der Waals surface area contributed by atoms with Crippen LogP contribution < -0.4 is 0 Å². The molecule has 0 aromatic heterocycles. The van der Waals surface area contributed by atoms with Gasteiger partial charge in [-0.2, -0.15) is 0 Å². The highest BCUT2D eigenvalue weighted by Gasteiger charge is 2.38. The van der Waals surface area contributed by atoms with Crippen LogP contribution in [-0.4, -0.2) is 134 Å². The van der Waals surface area contributed by atoms with Crippen LogP contribution in [0.5, 0.6) is 0 Å². The Balaban J connectivity index is 2.98. The quantitative estimate of drug-likeness (QED) is 0.336. The largest absolute Gasteiger partial charge is 0.479 e. The van der Waals surface area contributed by atoms with Gasteiger partial charge in [0.25, 0.3) is 5.91 Å². The number of carboxylic acids is 3. The third-order valence-corrected chi connectivity index (χ3v) is 5.50. The van der Waals surface area contributed by atoms with Crippen molar-refractivity contribution >= 4 is 23.8 Å². The SMILES string of the molecule is CCCCN(CCCC)C(=O)[C@@H]1OCCOCCO[C@@H](C(=O)O)[C@H](C(=O)O)OCCOCCO[C@H]1C(=O)O. The first-order valence-electron chi connectivity index (χ1n) is 12.8. The van der Waals surface area contributed by atoms with E-state index >= 15 is 0 Å². The van der Waals surface area contributed by atoms with Gasteiger partial charge in [0.15, 0.2) is 24.4 Å². The van der Waals surface area contributed by atoms with E-state index in [0.29, 0.717) is 13.1 Å². The van der Waals surface area contributed by atoms with Crippen LogP contribution >= 0.6 is 0 Å². The van der Waals surface area contributed by atoms with Crippen molar-refractivity contribution in [2.75, 3.05) is 65.9 Å². The minimum Gasteiger partial charge on any atom is -0.479 e. The van der Waals surface area contributed by atoms with E-state index in [0.717, 1.165) is 25.7 Å². The molecule has 1 aliphatic heterocycles. The van der Waals surface area contributed by atoms with Gasteiger partial charge < -0.3 is 48.6 Å². The molecule has 0 aliphatic carbocycles. The van der Waals surface area contributed by atoms with Gasteiger partial charge in [0.2, 0.25) is 0 Å². The molecule has 220 valence electrons. The molecule has 3 N–H and O–H groups in total. The lowest BCUT2D eigenvalue weighted by Gasteiger charge is -2.30. The Morgan fingerprint density at radius 3 is 1.21 bits per heavy atom. The number of hydrogen-bond donors (Lipinski definition) is 3. The van der Waals surface area contributed by atoms with Crippen LogP contribution in [0.15, 0.2) is 0 Å². The fourth-order valence-corrected chi connectivity index (χ4v) is 3.50. The van der Waals surface area contributed by atoms with Crippen molar-refractivity contribution in [3.05, 3.63) is 0 Å². The molecule has 0 spiro atoms. The van der Waals surface area contributed by atoms with Crippen LogP contribution in [0.3, 0.4) is 0 Å². The zero-order valence-electron chi connectivity index (χ0n) is 22.1. The molecule has 14 heteroatoms. The molecule has 1 rings (SSSR count). The average Bonchev–Trinajstić information content (AvgIpc) is 2.87. The summed E-state index contributed by atoms with van der Waals surface area (Å²) in [5, 5.41) is 28.5. The molecule has 1 saturated heterocycles. The lowest BCUT2D eigenvalue weighted by molar-refractivity contribution is -0.181. The van der Waals surface area contributed by atoms with E-state index in [1.165, 1.54) is 0 Å². The molecular weight excluding hydrogens is 510 g/mol. The highest BCUT2D eigenvalue weighted by molar-refractivity contribution is 5.88. The van der Waals surface area contributed by atoms with E-state index < -0.39 is 48.2 Å². The van der Waals surface area contributed by atoms with E-state index in [9.17, 15) is 34.5 Å². The number of unbranched alkanes of at least 4 members (excludes halogenated alkanes) is 2. The predicted molar refractivity (Wildman–Crippen MR) is 130 cm³/mol. The number of carbonyl (C=O) groups excluding carboxylic acids is 1. The summed E-state index contributed by atoms with van der Waals surface area (Å²) in [7, 11) is 0. The second-order valence-corrected chi connectivity index (χ2v) is 8.44. The fraction of sp³-hybridized carbons (Fsp3) is 0.833. The molecule has 14 nitrogen and oxygen atoms in total. The fourth-order valence-electron chi connectivity index (χ4n) is 3.50. The third-order valence-electron chi connectivity index (χ3n) is 5.50. The number of carboxylic acid groups (broad SMARTS) is 3. The van der Waals surface area contributed by atoms with Crippen LogP contribution in [0.1, 0.15) is 39.5 Å². The lowest BCUT2D eigenvalue weighted by atomic mass is 10.1. The number of amides is 1. The highest BCUT2D eigenvalue weighted by Crippen LogP contribution is 2.13. The number of aliphatic carboxylic acids is 3. The summed E-state index contributed by atoms with van der Waals surface area (Å²) in [6, 6.07) is 0. The molecule has 0 radical (unpaired) electrons. The van der Waals surface area contributed by atoms with Crippen molar-refractivity contribution in [3.63, 3.8) is 0 Å². The second kappa shape index (κ2) is 19.7. The Morgan fingerprint density at radius 1 is 0.579 bits per heavy atom. The van der Waals surface area contributed by atoms with Crippen LogP contribution in [-0.2, 0) is 47.6 Å².